The molecule has 1 saturated heterocycles. The van der Waals surface area contributed by atoms with Gasteiger partial charge in [0.05, 0.1) is 29.5 Å². The summed E-state index contributed by atoms with van der Waals surface area (Å²) in [5.74, 6) is -0.502. The predicted octanol–water partition coefficient (Wildman–Crippen LogP) is 4.39. The lowest BCUT2D eigenvalue weighted by Gasteiger charge is -2.40. The van der Waals surface area contributed by atoms with Crippen LogP contribution in [0, 0.1) is 11.3 Å². The Morgan fingerprint density at radius 1 is 1.20 bits per heavy atom. The van der Waals surface area contributed by atoms with Gasteiger partial charge in [-0.1, -0.05) is 42.6 Å². The van der Waals surface area contributed by atoms with Crippen LogP contribution < -0.4 is 10.0 Å². The smallest absolute Gasteiger partial charge is 0.310 e. The molecule has 2 aromatic rings. The number of sulfonamides is 1. The molecule has 0 aliphatic carbocycles. The first kappa shape index (κ1) is 27.6. The zero-order chi connectivity index (χ0) is 26.5. The van der Waals surface area contributed by atoms with Gasteiger partial charge in [-0.2, -0.15) is 10.4 Å². The van der Waals surface area contributed by atoms with Crippen LogP contribution in [0.4, 0.5) is 30.9 Å². The number of anilines is 2. The zero-order valence-corrected chi connectivity index (χ0v) is 21.0. The summed E-state index contributed by atoms with van der Waals surface area (Å²) in [5, 5.41) is 11.6. The molecule has 3 rings (SSSR count). The Morgan fingerprint density at radius 2 is 1.74 bits per heavy atom. The van der Waals surface area contributed by atoms with E-state index in [9.17, 15) is 33.1 Å². The van der Waals surface area contributed by atoms with Crippen molar-refractivity contribution in [2.75, 3.05) is 55.7 Å². The monoisotopic (exact) mass is 584 g/mol. The summed E-state index contributed by atoms with van der Waals surface area (Å²) in [5.41, 5.74) is 4.66. The second-order valence-corrected chi connectivity index (χ2v) is 12.7. The molecule has 0 unspecified atom stereocenters. The maximum atomic E-state index is 13.2. The maximum Gasteiger partial charge on any atom is 0.310 e. The van der Waals surface area contributed by atoms with Crippen LogP contribution in [0.1, 0.15) is 5.69 Å². The standard InChI is InChI=1S/C17H19Cl2F5N6O3S2/c1-34(31,32)29(3-2-28-4-6-33-7-5-28)16-14(10-25)27-30(17(16)26)15-12(18)8-11(9-13(15)19)35(20,21,22,23)24/h8-9H,2-7,26H2,1H3. The lowest BCUT2D eigenvalue weighted by Crippen LogP contribution is -2.43. The molecule has 2 heterocycles. The van der Waals surface area contributed by atoms with Gasteiger partial charge in [0.1, 0.15) is 22.3 Å². The SMILES string of the molecule is CS(=O)(=O)N(CCN1CCOCC1)c1c(C#N)nn(-c2c(Cl)cc(S(F)(F)(F)(F)F)cc2Cl)c1N. The van der Waals surface area contributed by atoms with E-state index in [-0.39, 0.29) is 30.9 Å². The Kier molecular flexibility index (Phi) is 6.71. The molecule has 1 aromatic heterocycles. The van der Waals surface area contributed by atoms with E-state index in [4.69, 9.17) is 33.7 Å². The molecule has 35 heavy (non-hydrogen) atoms. The van der Waals surface area contributed by atoms with Gasteiger partial charge in [-0.15, -0.1) is 0 Å². The van der Waals surface area contributed by atoms with Gasteiger partial charge in [0, 0.05) is 26.2 Å². The molecule has 1 aliphatic rings. The number of nitrogens with zero attached hydrogens (tertiary/aromatic N) is 5. The van der Waals surface area contributed by atoms with Crippen molar-refractivity contribution >= 4 is 55.0 Å². The van der Waals surface area contributed by atoms with Crippen molar-refractivity contribution in [1.29, 1.82) is 5.26 Å². The molecular weight excluding hydrogens is 566 g/mol. The number of morpholine rings is 1. The summed E-state index contributed by atoms with van der Waals surface area (Å²) in [6.45, 7) is 2.09. The molecule has 1 fully saturated rings. The van der Waals surface area contributed by atoms with E-state index in [0.29, 0.717) is 31.0 Å². The van der Waals surface area contributed by atoms with Crippen LogP contribution in [0.5, 0.6) is 0 Å². The van der Waals surface area contributed by atoms with Crippen LogP contribution in [0.25, 0.3) is 5.69 Å². The Hall–Kier alpha value is -2.03. The van der Waals surface area contributed by atoms with Crippen LogP contribution in [0.3, 0.4) is 0 Å². The molecule has 0 radical (unpaired) electrons. The minimum absolute atomic E-state index is 0.0378. The molecule has 0 atom stereocenters. The van der Waals surface area contributed by atoms with Crippen molar-refractivity contribution in [3.8, 4) is 11.8 Å². The first-order valence-corrected chi connectivity index (χ1v) is 14.2. The third kappa shape index (κ3) is 6.04. The third-order valence-electron chi connectivity index (χ3n) is 5.02. The van der Waals surface area contributed by atoms with Gasteiger partial charge in [-0.3, -0.25) is 9.21 Å². The Balaban J connectivity index is 2.12. The third-order valence-corrected chi connectivity index (χ3v) is 7.89. The van der Waals surface area contributed by atoms with Gasteiger partial charge in [-0.25, -0.2) is 13.1 Å². The number of ether oxygens (including phenoxy) is 1. The van der Waals surface area contributed by atoms with Crippen molar-refractivity contribution in [1.82, 2.24) is 14.7 Å². The Labute approximate surface area is 207 Å². The number of hydrogen-bond acceptors (Lipinski definition) is 7. The summed E-state index contributed by atoms with van der Waals surface area (Å²) < 4.78 is 97.9. The van der Waals surface area contributed by atoms with E-state index in [1.54, 1.807) is 6.07 Å². The Bertz CT molecular complexity index is 1290. The number of nitrogen functional groups attached to an aromatic ring is 1. The fourth-order valence-electron chi connectivity index (χ4n) is 3.38. The van der Waals surface area contributed by atoms with E-state index in [1.165, 1.54) is 0 Å². The average Bonchev–Trinajstić information content (AvgIpc) is 3.02. The van der Waals surface area contributed by atoms with Gasteiger partial charge >= 0.3 is 10.2 Å². The second kappa shape index (κ2) is 8.53. The van der Waals surface area contributed by atoms with E-state index >= 15 is 0 Å². The van der Waals surface area contributed by atoms with E-state index in [1.807, 2.05) is 4.90 Å². The molecule has 1 aliphatic heterocycles. The molecule has 2 N–H and O–H groups in total. The first-order valence-electron chi connectivity index (χ1n) is 9.63. The van der Waals surface area contributed by atoms with Crippen LogP contribution in [0.15, 0.2) is 17.0 Å². The number of aromatic nitrogens is 2. The van der Waals surface area contributed by atoms with Crippen LogP contribution in [-0.2, 0) is 14.8 Å². The van der Waals surface area contributed by atoms with Gasteiger partial charge in [0.15, 0.2) is 11.5 Å². The molecule has 1 aromatic carbocycles. The average molecular weight is 585 g/mol. The number of benzene rings is 1. The summed E-state index contributed by atoms with van der Waals surface area (Å²) >= 11 is 11.7. The number of hydrogen-bond donors (Lipinski definition) is 1. The largest absolute Gasteiger partial charge is 0.382 e. The molecule has 18 heteroatoms. The molecule has 0 spiro atoms. The minimum Gasteiger partial charge on any atom is -0.382 e. The van der Waals surface area contributed by atoms with Crippen LogP contribution in [-0.4, -0.2) is 68.7 Å². The van der Waals surface area contributed by atoms with Gasteiger partial charge in [-0.05, 0) is 12.1 Å². The fraction of sp³-hybridized carbons (Fsp3) is 0.412. The maximum absolute atomic E-state index is 13.2. The molecular formula is C17H19Cl2F5N6O3S2. The topological polar surface area (TPSA) is 117 Å². The van der Waals surface area contributed by atoms with E-state index in [0.717, 1.165) is 10.6 Å². The number of nitrogens with two attached hydrogens (primary N) is 1. The number of nitriles is 1. The van der Waals surface area contributed by atoms with Crippen LogP contribution in [0.2, 0.25) is 10.0 Å². The quantitative estimate of drug-likeness (QED) is 0.479. The van der Waals surface area contributed by atoms with Gasteiger partial charge in [0.25, 0.3) is 0 Å². The highest BCUT2D eigenvalue weighted by Gasteiger charge is 2.65. The fourth-order valence-corrected chi connectivity index (χ4v) is 5.76. The highest BCUT2D eigenvalue weighted by Crippen LogP contribution is 3.02. The number of rotatable bonds is 7. The summed E-state index contributed by atoms with van der Waals surface area (Å²) in [6.07, 6.45) is 0.869. The molecule has 0 amide bonds. The van der Waals surface area contributed by atoms with Crippen molar-refractivity contribution in [3.05, 3.63) is 27.9 Å². The minimum atomic E-state index is -10.1. The van der Waals surface area contributed by atoms with E-state index in [2.05, 4.69) is 5.10 Å². The zero-order valence-electron chi connectivity index (χ0n) is 17.9. The van der Waals surface area contributed by atoms with Gasteiger partial charge in [0.2, 0.25) is 10.0 Å². The summed E-state index contributed by atoms with van der Waals surface area (Å²) in [6, 6.07) is 1.60. The van der Waals surface area contributed by atoms with Crippen molar-refractivity contribution in [2.45, 2.75) is 4.90 Å². The van der Waals surface area contributed by atoms with E-state index < -0.39 is 52.4 Å². The molecule has 0 bridgehead atoms. The van der Waals surface area contributed by atoms with Crippen molar-refractivity contribution in [2.24, 2.45) is 0 Å². The second-order valence-electron chi connectivity index (χ2n) is 7.60. The lowest BCUT2D eigenvalue weighted by atomic mass is 10.3. The first-order chi connectivity index (χ1) is 15.8. The van der Waals surface area contributed by atoms with Crippen molar-refractivity contribution in [3.63, 3.8) is 0 Å². The predicted molar refractivity (Wildman–Crippen MR) is 124 cm³/mol. The normalized spacial score (nSPS) is 17.5. The van der Waals surface area contributed by atoms with Crippen LogP contribution >= 0.6 is 33.4 Å². The molecule has 196 valence electrons. The highest BCUT2D eigenvalue weighted by atomic mass is 35.5. The summed E-state index contributed by atoms with van der Waals surface area (Å²) in [7, 11) is -14.1. The summed E-state index contributed by atoms with van der Waals surface area (Å²) in [4.78, 5) is -0.417. The molecule has 0 saturated carbocycles. The number of halogens is 7. The van der Waals surface area contributed by atoms with Crippen molar-refractivity contribution < 1.29 is 32.6 Å². The Morgan fingerprint density at radius 3 is 2.20 bits per heavy atom. The van der Waals surface area contributed by atoms with Gasteiger partial charge < -0.3 is 10.5 Å². The lowest BCUT2D eigenvalue weighted by molar-refractivity contribution is 0.0395. The molecule has 9 nitrogen and oxygen atoms in total. The highest BCUT2D eigenvalue weighted by molar-refractivity contribution is 8.45.